The second-order valence-corrected chi connectivity index (χ2v) is 5.91. The minimum atomic E-state index is -0.233. The summed E-state index contributed by atoms with van der Waals surface area (Å²) >= 11 is 7.32. The lowest BCUT2D eigenvalue weighted by molar-refractivity contribution is 0.531. The van der Waals surface area contributed by atoms with Gasteiger partial charge in [-0.25, -0.2) is 9.78 Å². The van der Waals surface area contributed by atoms with Gasteiger partial charge >= 0.3 is 5.69 Å². The number of alkyl halides is 1. The first-order chi connectivity index (χ1) is 10.2. The zero-order valence-electron chi connectivity index (χ0n) is 11.9. The van der Waals surface area contributed by atoms with Crippen LogP contribution < -0.4 is 11.2 Å². The van der Waals surface area contributed by atoms with Crippen LogP contribution in [-0.2, 0) is 25.4 Å². The van der Waals surface area contributed by atoms with E-state index in [2.05, 4.69) is 4.98 Å². The van der Waals surface area contributed by atoms with Gasteiger partial charge in [-0.3, -0.25) is 9.36 Å². The van der Waals surface area contributed by atoms with Crippen molar-refractivity contribution in [3.05, 3.63) is 49.2 Å². The average Bonchev–Trinajstić information content (AvgIpc) is 2.94. The maximum Gasteiger partial charge on any atom is 0.330 e. The van der Waals surface area contributed by atoms with Gasteiger partial charge in [-0.1, -0.05) is 0 Å². The zero-order valence-corrected chi connectivity index (χ0v) is 13.5. The van der Waals surface area contributed by atoms with Gasteiger partial charge in [-0.05, 0) is 26.2 Å². The Bertz CT molecular complexity index is 705. The highest BCUT2D eigenvalue weighted by Crippen LogP contribution is 2.14. The largest absolute Gasteiger partial charge is 0.330 e. The van der Waals surface area contributed by atoms with Gasteiger partial charge < -0.3 is 4.57 Å². The number of unbranched alkanes of at least 4 members (excludes halogenated alkanes) is 1. The first-order valence-corrected chi connectivity index (χ1v) is 8.36. The third-order valence-corrected chi connectivity index (χ3v) is 4.47. The van der Waals surface area contributed by atoms with E-state index in [1.54, 1.807) is 17.5 Å². The van der Waals surface area contributed by atoms with Gasteiger partial charge in [0, 0.05) is 30.7 Å². The summed E-state index contributed by atoms with van der Waals surface area (Å²) in [5.41, 5.74) is 0.439. The minimum absolute atomic E-state index is 0.233. The van der Waals surface area contributed by atoms with Gasteiger partial charge in [0.25, 0.3) is 5.56 Å². The molecule has 0 N–H and O–H groups in total. The van der Waals surface area contributed by atoms with Crippen molar-refractivity contribution >= 4 is 22.9 Å². The molecule has 0 aliphatic rings. The number of halogens is 1. The fraction of sp³-hybridized carbons (Fsp3) is 0.500. The van der Waals surface area contributed by atoms with Gasteiger partial charge in [-0.15, -0.1) is 22.9 Å². The maximum atomic E-state index is 12.0. The van der Waals surface area contributed by atoms with Crippen molar-refractivity contribution < 1.29 is 0 Å². The number of aromatic nitrogens is 3. The van der Waals surface area contributed by atoms with E-state index in [9.17, 15) is 9.59 Å². The molecular weight excluding hydrogens is 310 g/mol. The number of rotatable bonds is 7. The van der Waals surface area contributed by atoms with Gasteiger partial charge in [0.05, 0.1) is 16.6 Å². The second kappa shape index (κ2) is 7.56. The third-order valence-electron chi connectivity index (χ3n) is 3.24. The molecule has 0 aliphatic carbocycles. The summed E-state index contributed by atoms with van der Waals surface area (Å²) in [5, 5.41) is 3.02. The summed E-state index contributed by atoms with van der Waals surface area (Å²) in [6.45, 7) is 2.90. The fourth-order valence-corrected chi connectivity index (χ4v) is 3.14. The Labute approximate surface area is 131 Å². The molecule has 0 spiro atoms. The van der Waals surface area contributed by atoms with Crippen LogP contribution in [0.2, 0.25) is 0 Å². The first-order valence-electron chi connectivity index (χ1n) is 6.95. The van der Waals surface area contributed by atoms with E-state index in [0.717, 1.165) is 30.0 Å². The second-order valence-electron chi connectivity index (χ2n) is 4.70. The van der Waals surface area contributed by atoms with Crippen molar-refractivity contribution in [2.45, 2.75) is 45.2 Å². The van der Waals surface area contributed by atoms with E-state index in [1.165, 1.54) is 15.2 Å². The standard InChI is InChI=1S/C14H18ClN3O2S/c1-2-17-8-6-13(19)18(14(17)20)7-4-3-5-12-16-11(9-15)10-21-12/h6,8,10H,2-5,7,9H2,1H3. The molecule has 2 heterocycles. The summed E-state index contributed by atoms with van der Waals surface area (Å²) in [5.74, 6) is 0.437. The lowest BCUT2D eigenvalue weighted by Crippen LogP contribution is -2.38. The number of hydrogen-bond donors (Lipinski definition) is 0. The monoisotopic (exact) mass is 327 g/mol. The van der Waals surface area contributed by atoms with E-state index in [1.807, 2.05) is 12.3 Å². The van der Waals surface area contributed by atoms with Crippen LogP contribution in [0.1, 0.15) is 30.5 Å². The average molecular weight is 328 g/mol. The van der Waals surface area contributed by atoms with E-state index in [4.69, 9.17) is 11.6 Å². The van der Waals surface area contributed by atoms with Crippen LogP contribution in [0.5, 0.6) is 0 Å². The van der Waals surface area contributed by atoms with Crippen LogP contribution in [0.4, 0.5) is 0 Å². The van der Waals surface area contributed by atoms with Crippen LogP contribution >= 0.6 is 22.9 Å². The Morgan fingerprint density at radius 2 is 2.14 bits per heavy atom. The molecule has 5 nitrogen and oxygen atoms in total. The zero-order chi connectivity index (χ0) is 15.2. The van der Waals surface area contributed by atoms with Crippen molar-refractivity contribution in [2.75, 3.05) is 0 Å². The molecule has 0 amide bonds. The topological polar surface area (TPSA) is 56.9 Å². The van der Waals surface area contributed by atoms with Gasteiger partial charge in [-0.2, -0.15) is 0 Å². The molecule has 2 aromatic rings. The molecule has 0 radical (unpaired) electrons. The molecular formula is C14H18ClN3O2S. The van der Waals surface area contributed by atoms with E-state index in [-0.39, 0.29) is 11.2 Å². The smallest absolute Gasteiger partial charge is 0.301 e. The predicted molar refractivity (Wildman–Crippen MR) is 85.2 cm³/mol. The molecule has 0 saturated carbocycles. The van der Waals surface area contributed by atoms with Crippen LogP contribution in [0.15, 0.2) is 27.2 Å². The highest BCUT2D eigenvalue weighted by atomic mass is 35.5. The molecule has 0 saturated heterocycles. The highest BCUT2D eigenvalue weighted by molar-refractivity contribution is 7.09. The molecule has 114 valence electrons. The van der Waals surface area contributed by atoms with E-state index >= 15 is 0 Å². The fourth-order valence-electron chi connectivity index (χ4n) is 2.07. The molecule has 0 unspecified atom stereocenters. The molecule has 0 fully saturated rings. The van der Waals surface area contributed by atoms with Crippen molar-refractivity contribution in [3.63, 3.8) is 0 Å². The SMILES string of the molecule is CCn1ccc(=O)n(CCCCc2nc(CCl)cs2)c1=O. The molecule has 0 aromatic carbocycles. The molecule has 2 aromatic heterocycles. The van der Waals surface area contributed by atoms with Gasteiger partial charge in [0.15, 0.2) is 0 Å². The van der Waals surface area contributed by atoms with Crippen LogP contribution in [0, 0.1) is 0 Å². The van der Waals surface area contributed by atoms with E-state index in [0.29, 0.717) is 19.0 Å². The summed E-state index contributed by atoms with van der Waals surface area (Å²) < 4.78 is 2.84. The number of aryl methyl sites for hydroxylation is 2. The van der Waals surface area contributed by atoms with Crippen molar-refractivity contribution in [1.29, 1.82) is 0 Å². The molecule has 7 heteroatoms. The summed E-state index contributed by atoms with van der Waals surface area (Å²) in [6, 6.07) is 1.44. The molecule has 0 atom stereocenters. The molecule has 0 bridgehead atoms. The summed E-state index contributed by atoms with van der Waals surface area (Å²) in [6.07, 6.45) is 4.07. The van der Waals surface area contributed by atoms with Gasteiger partial charge in [0.2, 0.25) is 0 Å². The first kappa shape index (κ1) is 16.0. The number of hydrogen-bond acceptors (Lipinski definition) is 4. The summed E-state index contributed by atoms with van der Waals surface area (Å²) in [4.78, 5) is 28.2. The van der Waals surface area contributed by atoms with Crippen molar-refractivity contribution in [3.8, 4) is 0 Å². The Morgan fingerprint density at radius 3 is 2.81 bits per heavy atom. The Morgan fingerprint density at radius 1 is 1.33 bits per heavy atom. The van der Waals surface area contributed by atoms with E-state index < -0.39 is 0 Å². The Balaban J connectivity index is 1.92. The lowest BCUT2D eigenvalue weighted by Gasteiger charge is -2.07. The number of thiazole rings is 1. The third kappa shape index (κ3) is 4.04. The van der Waals surface area contributed by atoms with Crippen LogP contribution in [-0.4, -0.2) is 14.1 Å². The maximum absolute atomic E-state index is 12.0. The quantitative estimate of drug-likeness (QED) is 0.579. The molecule has 2 rings (SSSR count). The molecule has 0 aliphatic heterocycles. The normalized spacial score (nSPS) is 11.0. The lowest BCUT2D eigenvalue weighted by atomic mass is 10.2. The Hall–Kier alpha value is -1.40. The molecule has 21 heavy (non-hydrogen) atoms. The van der Waals surface area contributed by atoms with Gasteiger partial charge in [0.1, 0.15) is 0 Å². The van der Waals surface area contributed by atoms with Crippen molar-refractivity contribution in [1.82, 2.24) is 14.1 Å². The number of nitrogens with zero attached hydrogens (tertiary/aromatic N) is 3. The minimum Gasteiger partial charge on any atom is -0.301 e. The Kier molecular flexibility index (Phi) is 5.76. The van der Waals surface area contributed by atoms with Crippen LogP contribution in [0.25, 0.3) is 0 Å². The predicted octanol–water partition coefficient (Wildman–Crippen LogP) is 2.25. The van der Waals surface area contributed by atoms with Crippen molar-refractivity contribution in [2.24, 2.45) is 0 Å². The highest BCUT2D eigenvalue weighted by Gasteiger charge is 2.05. The van der Waals surface area contributed by atoms with Crippen LogP contribution in [0.3, 0.4) is 0 Å². The summed E-state index contributed by atoms with van der Waals surface area (Å²) in [7, 11) is 0.